The van der Waals surface area contributed by atoms with Gasteiger partial charge in [0.1, 0.15) is 0 Å². The van der Waals surface area contributed by atoms with Crippen LogP contribution in [-0.4, -0.2) is 24.5 Å². The van der Waals surface area contributed by atoms with E-state index in [9.17, 15) is 0 Å². The standard InChI is InChI=1S/C14H24ClNS/c1-3-5-9-16(10-6-4-2)12-13(15)14-8-7-11-17-14/h7-8,11,13H,3-6,9-10,12H2,1-2H3. The predicted molar refractivity (Wildman–Crippen MR) is 79.2 cm³/mol. The Morgan fingerprint density at radius 2 is 1.88 bits per heavy atom. The highest BCUT2D eigenvalue weighted by Crippen LogP contribution is 2.26. The molecule has 3 heteroatoms. The minimum absolute atomic E-state index is 0.156. The monoisotopic (exact) mass is 273 g/mol. The van der Waals surface area contributed by atoms with Gasteiger partial charge in [0.15, 0.2) is 0 Å². The van der Waals surface area contributed by atoms with Crippen molar-refractivity contribution in [2.75, 3.05) is 19.6 Å². The maximum absolute atomic E-state index is 6.47. The molecule has 1 nitrogen and oxygen atoms in total. The fourth-order valence-corrected chi connectivity index (χ4v) is 2.96. The van der Waals surface area contributed by atoms with Gasteiger partial charge in [-0.1, -0.05) is 32.8 Å². The molecule has 1 unspecified atom stereocenters. The van der Waals surface area contributed by atoms with E-state index in [-0.39, 0.29) is 5.38 Å². The van der Waals surface area contributed by atoms with Crippen LogP contribution in [0.1, 0.15) is 49.8 Å². The molecular weight excluding hydrogens is 250 g/mol. The molecule has 0 amide bonds. The summed E-state index contributed by atoms with van der Waals surface area (Å²) in [6, 6.07) is 4.22. The Hall–Kier alpha value is -0.0500. The zero-order chi connectivity index (χ0) is 12.5. The molecule has 0 saturated heterocycles. The highest BCUT2D eigenvalue weighted by Gasteiger charge is 2.13. The number of alkyl halides is 1. The largest absolute Gasteiger partial charge is 0.301 e. The summed E-state index contributed by atoms with van der Waals surface area (Å²) in [5.41, 5.74) is 0. The van der Waals surface area contributed by atoms with Gasteiger partial charge in [-0.15, -0.1) is 22.9 Å². The van der Waals surface area contributed by atoms with Crippen molar-refractivity contribution in [1.29, 1.82) is 0 Å². The van der Waals surface area contributed by atoms with Crippen molar-refractivity contribution >= 4 is 22.9 Å². The average Bonchev–Trinajstić information content (AvgIpc) is 2.86. The van der Waals surface area contributed by atoms with E-state index in [0.717, 1.165) is 6.54 Å². The van der Waals surface area contributed by atoms with Crippen molar-refractivity contribution < 1.29 is 0 Å². The Labute approximate surface area is 115 Å². The van der Waals surface area contributed by atoms with Gasteiger partial charge >= 0.3 is 0 Å². The number of unbranched alkanes of at least 4 members (excludes halogenated alkanes) is 2. The molecule has 0 aromatic carbocycles. The number of thiophene rings is 1. The van der Waals surface area contributed by atoms with Gasteiger partial charge in [0.2, 0.25) is 0 Å². The van der Waals surface area contributed by atoms with Crippen LogP contribution in [0.15, 0.2) is 17.5 Å². The Balaban J connectivity index is 2.40. The first-order chi connectivity index (χ1) is 8.27. The molecule has 1 aromatic heterocycles. The van der Waals surface area contributed by atoms with Crippen LogP contribution in [0.3, 0.4) is 0 Å². The van der Waals surface area contributed by atoms with Gasteiger partial charge < -0.3 is 4.90 Å². The van der Waals surface area contributed by atoms with E-state index in [1.165, 1.54) is 43.6 Å². The van der Waals surface area contributed by atoms with Crippen molar-refractivity contribution in [2.45, 2.75) is 44.9 Å². The molecule has 0 N–H and O–H groups in total. The van der Waals surface area contributed by atoms with Gasteiger partial charge in [0.05, 0.1) is 5.38 Å². The van der Waals surface area contributed by atoms with Crippen molar-refractivity contribution in [1.82, 2.24) is 4.90 Å². The topological polar surface area (TPSA) is 3.24 Å². The molecule has 1 heterocycles. The Morgan fingerprint density at radius 3 is 2.35 bits per heavy atom. The molecule has 0 saturated carbocycles. The first kappa shape index (κ1) is 15.0. The van der Waals surface area contributed by atoms with Crippen LogP contribution in [0.25, 0.3) is 0 Å². The van der Waals surface area contributed by atoms with Gasteiger partial charge in [-0.2, -0.15) is 0 Å². The lowest BCUT2D eigenvalue weighted by atomic mass is 10.2. The molecule has 17 heavy (non-hydrogen) atoms. The van der Waals surface area contributed by atoms with Crippen molar-refractivity contribution in [3.05, 3.63) is 22.4 Å². The second-order valence-electron chi connectivity index (χ2n) is 4.49. The summed E-state index contributed by atoms with van der Waals surface area (Å²) in [5.74, 6) is 0. The van der Waals surface area contributed by atoms with E-state index >= 15 is 0 Å². The van der Waals surface area contributed by atoms with E-state index in [4.69, 9.17) is 11.6 Å². The molecule has 98 valence electrons. The highest BCUT2D eigenvalue weighted by molar-refractivity contribution is 7.10. The lowest BCUT2D eigenvalue weighted by molar-refractivity contribution is 0.266. The van der Waals surface area contributed by atoms with Gasteiger partial charge in [-0.05, 0) is 37.4 Å². The van der Waals surface area contributed by atoms with E-state index in [0.29, 0.717) is 0 Å². The number of hydrogen-bond acceptors (Lipinski definition) is 2. The summed E-state index contributed by atoms with van der Waals surface area (Å²) in [5, 5.41) is 2.26. The quantitative estimate of drug-likeness (QED) is 0.577. The highest BCUT2D eigenvalue weighted by atomic mass is 35.5. The fourth-order valence-electron chi connectivity index (χ4n) is 1.84. The van der Waals surface area contributed by atoms with Crippen LogP contribution in [0.5, 0.6) is 0 Å². The minimum atomic E-state index is 0.156. The SMILES string of the molecule is CCCCN(CCCC)CC(Cl)c1cccs1. The van der Waals surface area contributed by atoms with E-state index in [2.05, 4.69) is 36.3 Å². The number of nitrogens with zero attached hydrogens (tertiary/aromatic N) is 1. The van der Waals surface area contributed by atoms with Crippen LogP contribution < -0.4 is 0 Å². The zero-order valence-electron chi connectivity index (χ0n) is 11.0. The van der Waals surface area contributed by atoms with Crippen LogP contribution in [0, 0.1) is 0 Å². The third kappa shape index (κ3) is 5.89. The number of halogens is 1. The molecular formula is C14H24ClNS. The molecule has 0 aliphatic rings. The average molecular weight is 274 g/mol. The van der Waals surface area contributed by atoms with Crippen LogP contribution in [-0.2, 0) is 0 Å². The Morgan fingerprint density at radius 1 is 1.24 bits per heavy atom. The van der Waals surface area contributed by atoms with Crippen molar-refractivity contribution in [3.63, 3.8) is 0 Å². The second kappa shape index (κ2) is 8.96. The maximum Gasteiger partial charge on any atom is 0.0805 e. The van der Waals surface area contributed by atoms with Gasteiger partial charge in [-0.25, -0.2) is 0 Å². The number of hydrogen-bond donors (Lipinski definition) is 0. The zero-order valence-corrected chi connectivity index (χ0v) is 12.6. The maximum atomic E-state index is 6.47. The third-order valence-corrected chi connectivity index (χ3v) is 4.41. The molecule has 1 aromatic rings. The Kier molecular flexibility index (Phi) is 7.91. The minimum Gasteiger partial charge on any atom is -0.301 e. The molecule has 1 atom stereocenters. The van der Waals surface area contributed by atoms with Gasteiger partial charge in [-0.3, -0.25) is 0 Å². The van der Waals surface area contributed by atoms with Crippen molar-refractivity contribution in [3.8, 4) is 0 Å². The molecule has 0 spiro atoms. The molecule has 0 bridgehead atoms. The van der Waals surface area contributed by atoms with E-state index in [1.807, 2.05) is 0 Å². The third-order valence-electron chi connectivity index (χ3n) is 2.93. The molecule has 0 aliphatic carbocycles. The molecule has 0 radical (unpaired) electrons. The Bertz CT molecular complexity index is 266. The molecule has 0 fully saturated rings. The lowest BCUT2D eigenvalue weighted by Crippen LogP contribution is -2.29. The van der Waals surface area contributed by atoms with Gasteiger partial charge in [0.25, 0.3) is 0 Å². The van der Waals surface area contributed by atoms with E-state index < -0.39 is 0 Å². The first-order valence-corrected chi connectivity index (χ1v) is 7.99. The summed E-state index contributed by atoms with van der Waals surface area (Å²) in [6.07, 6.45) is 5.07. The summed E-state index contributed by atoms with van der Waals surface area (Å²) >= 11 is 8.23. The van der Waals surface area contributed by atoms with Crippen LogP contribution >= 0.6 is 22.9 Å². The molecule has 1 rings (SSSR count). The van der Waals surface area contributed by atoms with E-state index in [1.54, 1.807) is 11.3 Å². The fraction of sp³-hybridized carbons (Fsp3) is 0.714. The van der Waals surface area contributed by atoms with Crippen LogP contribution in [0.4, 0.5) is 0 Å². The summed E-state index contributed by atoms with van der Waals surface area (Å²) in [4.78, 5) is 3.81. The second-order valence-corrected chi connectivity index (χ2v) is 6.00. The normalized spacial score (nSPS) is 13.2. The predicted octanol–water partition coefficient (Wildman–Crippen LogP) is 4.93. The smallest absolute Gasteiger partial charge is 0.0805 e. The number of rotatable bonds is 9. The summed E-state index contributed by atoms with van der Waals surface area (Å²) in [6.45, 7) is 7.85. The summed E-state index contributed by atoms with van der Waals surface area (Å²) in [7, 11) is 0. The molecule has 0 aliphatic heterocycles. The first-order valence-electron chi connectivity index (χ1n) is 6.67. The lowest BCUT2D eigenvalue weighted by Gasteiger charge is -2.24. The summed E-state index contributed by atoms with van der Waals surface area (Å²) < 4.78 is 0. The van der Waals surface area contributed by atoms with Gasteiger partial charge in [0, 0.05) is 11.4 Å². The van der Waals surface area contributed by atoms with Crippen molar-refractivity contribution in [2.24, 2.45) is 0 Å². The van der Waals surface area contributed by atoms with Crippen LogP contribution in [0.2, 0.25) is 0 Å².